The first kappa shape index (κ1) is 11.3. The molecule has 2 N–H and O–H groups in total. The molecule has 0 saturated heterocycles. The van der Waals surface area contributed by atoms with E-state index in [1.807, 2.05) is 12.1 Å². The first-order chi connectivity index (χ1) is 8.69. The van der Waals surface area contributed by atoms with Gasteiger partial charge in [-0.2, -0.15) is 0 Å². The molecule has 1 spiro atoms. The molecule has 2 aliphatic rings. The molecule has 1 aliphatic heterocycles. The topological polar surface area (TPSA) is 49.3 Å². The van der Waals surface area contributed by atoms with Gasteiger partial charge in [0, 0.05) is 17.8 Å². The lowest BCUT2D eigenvalue weighted by atomic mass is 9.79. The van der Waals surface area contributed by atoms with Crippen LogP contribution in [0.3, 0.4) is 0 Å². The normalized spacial score (nSPS) is 26.1. The van der Waals surface area contributed by atoms with Crippen molar-refractivity contribution in [1.82, 2.24) is 0 Å². The van der Waals surface area contributed by atoms with Crippen LogP contribution in [-0.2, 0) is 11.2 Å². The van der Waals surface area contributed by atoms with Gasteiger partial charge in [-0.05, 0) is 42.7 Å². The quantitative estimate of drug-likeness (QED) is 0.797. The maximum Gasteiger partial charge on any atom is 0.331 e. The summed E-state index contributed by atoms with van der Waals surface area (Å²) in [6, 6.07) is 8.33. The summed E-state index contributed by atoms with van der Waals surface area (Å²) in [6.07, 6.45) is 5.65. The van der Waals surface area contributed by atoms with Crippen LogP contribution >= 0.6 is 0 Å². The van der Waals surface area contributed by atoms with E-state index >= 15 is 0 Å². The maximum atomic E-state index is 11.1. The van der Waals surface area contributed by atoms with Crippen LogP contribution in [0.4, 0.5) is 5.69 Å². The molecule has 1 aliphatic carbocycles. The monoisotopic (exact) mass is 243 g/mol. The van der Waals surface area contributed by atoms with E-state index in [9.17, 15) is 4.79 Å². The number of carboxylic acid groups (broad SMARTS) is 1. The number of hydrogen-bond acceptors (Lipinski definition) is 2. The molecule has 0 bridgehead atoms. The first-order valence-corrected chi connectivity index (χ1v) is 6.45. The summed E-state index contributed by atoms with van der Waals surface area (Å²) >= 11 is 0. The van der Waals surface area contributed by atoms with Crippen LogP contribution in [0.25, 0.3) is 0 Å². The fraction of sp³-hybridized carbons (Fsp3) is 0.400. The minimum absolute atomic E-state index is 0.0489. The number of carboxylic acids is 1. The van der Waals surface area contributed by atoms with Crippen LogP contribution in [0.2, 0.25) is 0 Å². The van der Waals surface area contributed by atoms with Crippen molar-refractivity contribution >= 4 is 11.7 Å². The van der Waals surface area contributed by atoms with E-state index in [0.717, 1.165) is 25.8 Å². The Morgan fingerprint density at radius 3 is 2.89 bits per heavy atom. The molecule has 0 aromatic heterocycles. The molecule has 0 fully saturated rings. The summed E-state index contributed by atoms with van der Waals surface area (Å²) in [6.45, 7) is 0.917. The van der Waals surface area contributed by atoms with Gasteiger partial charge in [0.25, 0.3) is 0 Å². The highest BCUT2D eigenvalue weighted by Crippen LogP contribution is 2.44. The van der Waals surface area contributed by atoms with E-state index in [4.69, 9.17) is 5.11 Å². The average Bonchev–Trinajstić information content (AvgIpc) is 2.67. The van der Waals surface area contributed by atoms with Crippen LogP contribution in [-0.4, -0.2) is 17.6 Å². The van der Waals surface area contributed by atoms with Gasteiger partial charge in [-0.1, -0.05) is 24.3 Å². The molecule has 0 saturated carbocycles. The Morgan fingerprint density at radius 2 is 2.11 bits per heavy atom. The average molecular weight is 243 g/mol. The van der Waals surface area contributed by atoms with E-state index in [-0.39, 0.29) is 5.41 Å². The predicted molar refractivity (Wildman–Crippen MR) is 70.6 cm³/mol. The summed E-state index contributed by atoms with van der Waals surface area (Å²) in [5.41, 5.74) is 3.15. The van der Waals surface area contributed by atoms with Crippen molar-refractivity contribution in [1.29, 1.82) is 0 Å². The minimum Gasteiger partial charge on any atom is -0.478 e. The number of nitrogens with one attached hydrogen (secondary N) is 1. The molecule has 94 valence electrons. The largest absolute Gasteiger partial charge is 0.478 e. The van der Waals surface area contributed by atoms with E-state index in [1.165, 1.54) is 11.3 Å². The molecule has 1 heterocycles. The highest BCUT2D eigenvalue weighted by atomic mass is 16.4. The Balaban J connectivity index is 1.94. The fourth-order valence-corrected chi connectivity index (χ4v) is 3.16. The molecule has 18 heavy (non-hydrogen) atoms. The van der Waals surface area contributed by atoms with Crippen molar-refractivity contribution in [2.75, 3.05) is 11.9 Å². The third kappa shape index (κ3) is 1.90. The van der Waals surface area contributed by atoms with Gasteiger partial charge >= 0.3 is 5.97 Å². The molecule has 0 radical (unpaired) electrons. The van der Waals surface area contributed by atoms with Gasteiger partial charge in [-0.25, -0.2) is 4.79 Å². The number of aliphatic carboxylic acids is 1. The van der Waals surface area contributed by atoms with Crippen LogP contribution < -0.4 is 5.32 Å². The standard InChI is InChI=1S/C15H17NO2/c17-14(18)12-5-6-15(10-12)7-8-16-13-4-2-1-3-11(13)9-15/h1-4,10,16H,5-9H2,(H,17,18). The van der Waals surface area contributed by atoms with Crippen molar-refractivity contribution < 1.29 is 9.90 Å². The second-order valence-electron chi connectivity index (χ2n) is 5.35. The van der Waals surface area contributed by atoms with Gasteiger partial charge in [0.1, 0.15) is 0 Å². The van der Waals surface area contributed by atoms with Crippen LogP contribution in [0.1, 0.15) is 24.8 Å². The Labute approximate surface area is 107 Å². The molecule has 1 unspecified atom stereocenters. The smallest absolute Gasteiger partial charge is 0.331 e. The van der Waals surface area contributed by atoms with Crippen molar-refractivity contribution in [3.8, 4) is 0 Å². The number of allylic oxidation sites excluding steroid dienone is 1. The van der Waals surface area contributed by atoms with Crippen molar-refractivity contribution in [2.45, 2.75) is 25.7 Å². The van der Waals surface area contributed by atoms with E-state index in [1.54, 1.807) is 0 Å². The molecular weight excluding hydrogens is 226 g/mol. The van der Waals surface area contributed by atoms with Gasteiger partial charge in [-0.3, -0.25) is 0 Å². The summed E-state index contributed by atoms with van der Waals surface area (Å²) in [4.78, 5) is 11.1. The Kier molecular flexibility index (Phi) is 2.62. The third-order valence-electron chi connectivity index (χ3n) is 4.15. The molecule has 1 atom stereocenters. The highest BCUT2D eigenvalue weighted by molar-refractivity contribution is 5.87. The molecule has 3 nitrogen and oxygen atoms in total. The fourth-order valence-electron chi connectivity index (χ4n) is 3.16. The Morgan fingerprint density at radius 1 is 1.28 bits per heavy atom. The van der Waals surface area contributed by atoms with Gasteiger partial charge < -0.3 is 10.4 Å². The number of fused-ring (bicyclic) bond motifs is 1. The second kappa shape index (κ2) is 4.16. The maximum absolute atomic E-state index is 11.1. The number of anilines is 1. The number of carbonyl (C=O) groups is 1. The molecule has 1 aromatic rings. The van der Waals surface area contributed by atoms with Gasteiger partial charge in [0.2, 0.25) is 0 Å². The molecule has 1 aromatic carbocycles. The van der Waals surface area contributed by atoms with Gasteiger partial charge in [-0.15, -0.1) is 0 Å². The lowest BCUT2D eigenvalue weighted by Gasteiger charge is -2.25. The molecule has 3 heteroatoms. The van der Waals surface area contributed by atoms with Crippen molar-refractivity contribution in [2.24, 2.45) is 5.41 Å². The minimum atomic E-state index is -0.752. The zero-order chi connectivity index (χ0) is 12.6. The number of rotatable bonds is 1. The van der Waals surface area contributed by atoms with E-state index in [0.29, 0.717) is 12.0 Å². The molecule has 0 amide bonds. The zero-order valence-electron chi connectivity index (χ0n) is 10.3. The summed E-state index contributed by atoms with van der Waals surface area (Å²) < 4.78 is 0. The van der Waals surface area contributed by atoms with E-state index in [2.05, 4.69) is 23.5 Å². The molecule has 3 rings (SSSR count). The number of hydrogen-bond donors (Lipinski definition) is 2. The summed E-state index contributed by atoms with van der Waals surface area (Å²) in [5, 5.41) is 12.6. The summed E-state index contributed by atoms with van der Waals surface area (Å²) in [7, 11) is 0. The van der Waals surface area contributed by atoms with Crippen molar-refractivity contribution in [3.63, 3.8) is 0 Å². The second-order valence-corrected chi connectivity index (χ2v) is 5.35. The number of para-hydroxylation sites is 1. The van der Waals surface area contributed by atoms with Gasteiger partial charge in [0.15, 0.2) is 0 Å². The lowest BCUT2D eigenvalue weighted by Crippen LogP contribution is -2.19. The Bertz CT molecular complexity index is 521. The third-order valence-corrected chi connectivity index (χ3v) is 4.15. The van der Waals surface area contributed by atoms with Crippen LogP contribution in [0, 0.1) is 5.41 Å². The highest BCUT2D eigenvalue weighted by Gasteiger charge is 2.36. The lowest BCUT2D eigenvalue weighted by molar-refractivity contribution is -0.132. The predicted octanol–water partition coefficient (Wildman–Crippen LogP) is 2.84. The first-order valence-electron chi connectivity index (χ1n) is 6.45. The van der Waals surface area contributed by atoms with Crippen molar-refractivity contribution in [3.05, 3.63) is 41.5 Å². The van der Waals surface area contributed by atoms with Gasteiger partial charge in [0.05, 0.1) is 0 Å². The van der Waals surface area contributed by atoms with Crippen LogP contribution in [0.15, 0.2) is 35.9 Å². The zero-order valence-corrected chi connectivity index (χ0v) is 10.3. The SMILES string of the molecule is O=C(O)C1=CC2(CCNc3ccccc3C2)CC1. The number of benzene rings is 1. The summed E-state index contributed by atoms with van der Waals surface area (Å²) in [5.74, 6) is -0.752. The van der Waals surface area contributed by atoms with E-state index < -0.39 is 5.97 Å². The van der Waals surface area contributed by atoms with Crippen LogP contribution in [0.5, 0.6) is 0 Å². The Hall–Kier alpha value is -1.77. The molecular formula is C15H17NO2.